The maximum atomic E-state index is 5.97. The Kier molecular flexibility index (Phi) is 4.75. The van der Waals surface area contributed by atoms with Crippen molar-refractivity contribution in [3.63, 3.8) is 0 Å². The second-order valence-corrected chi connectivity index (χ2v) is 5.45. The minimum atomic E-state index is 0.465. The van der Waals surface area contributed by atoms with E-state index in [1.54, 1.807) is 0 Å². The SMILES string of the molecule is CC1CCN(C)CC(CN)N1Cc1ccccc1. The van der Waals surface area contributed by atoms with Crippen LogP contribution in [0.5, 0.6) is 0 Å². The predicted octanol–water partition coefficient (Wildman–Crippen LogP) is 1.54. The summed E-state index contributed by atoms with van der Waals surface area (Å²) in [6.07, 6.45) is 1.22. The first-order chi connectivity index (χ1) is 8.70. The van der Waals surface area contributed by atoms with Gasteiger partial charge in [-0.05, 0) is 32.5 Å². The number of rotatable bonds is 3. The Morgan fingerprint density at radius 3 is 2.67 bits per heavy atom. The minimum absolute atomic E-state index is 0.465. The predicted molar refractivity (Wildman–Crippen MR) is 76.4 cm³/mol. The molecule has 0 saturated carbocycles. The lowest BCUT2D eigenvalue weighted by Crippen LogP contribution is -2.47. The molecule has 3 heteroatoms. The van der Waals surface area contributed by atoms with Crippen LogP contribution >= 0.6 is 0 Å². The van der Waals surface area contributed by atoms with E-state index in [0.717, 1.165) is 19.6 Å². The van der Waals surface area contributed by atoms with Crippen LogP contribution in [0.15, 0.2) is 30.3 Å². The average molecular weight is 247 g/mol. The lowest BCUT2D eigenvalue weighted by Gasteiger charge is -2.34. The highest BCUT2D eigenvalue weighted by atomic mass is 15.3. The fourth-order valence-corrected chi connectivity index (χ4v) is 2.78. The van der Waals surface area contributed by atoms with Gasteiger partial charge in [-0.2, -0.15) is 0 Å². The molecule has 2 rings (SSSR count). The Morgan fingerprint density at radius 1 is 1.28 bits per heavy atom. The number of likely N-dealkylation sites (N-methyl/N-ethyl adjacent to an activating group) is 1. The number of benzene rings is 1. The normalized spacial score (nSPS) is 27.1. The molecule has 100 valence electrons. The summed E-state index contributed by atoms with van der Waals surface area (Å²) < 4.78 is 0. The van der Waals surface area contributed by atoms with Gasteiger partial charge >= 0.3 is 0 Å². The van der Waals surface area contributed by atoms with E-state index < -0.39 is 0 Å². The summed E-state index contributed by atoms with van der Waals surface area (Å²) in [6, 6.07) is 11.8. The summed E-state index contributed by atoms with van der Waals surface area (Å²) in [4.78, 5) is 4.97. The van der Waals surface area contributed by atoms with E-state index in [1.807, 2.05) is 0 Å². The molecular formula is C15H25N3. The van der Waals surface area contributed by atoms with Gasteiger partial charge in [0.1, 0.15) is 0 Å². The van der Waals surface area contributed by atoms with Crippen molar-refractivity contribution in [1.29, 1.82) is 0 Å². The fraction of sp³-hybridized carbons (Fsp3) is 0.600. The summed E-state index contributed by atoms with van der Waals surface area (Å²) in [7, 11) is 2.20. The first-order valence-corrected chi connectivity index (χ1v) is 6.89. The van der Waals surface area contributed by atoms with Gasteiger partial charge in [-0.15, -0.1) is 0 Å². The van der Waals surface area contributed by atoms with Crippen molar-refractivity contribution in [2.45, 2.75) is 32.0 Å². The Labute approximate surface area is 111 Å². The topological polar surface area (TPSA) is 32.5 Å². The number of hydrogen-bond donors (Lipinski definition) is 1. The molecule has 2 atom stereocenters. The third kappa shape index (κ3) is 3.31. The molecule has 0 radical (unpaired) electrons. The van der Waals surface area contributed by atoms with Crippen LogP contribution in [0.1, 0.15) is 18.9 Å². The Balaban J connectivity index is 2.11. The van der Waals surface area contributed by atoms with Gasteiger partial charge in [0, 0.05) is 31.7 Å². The Morgan fingerprint density at radius 2 is 2.00 bits per heavy atom. The van der Waals surface area contributed by atoms with Crippen LogP contribution in [-0.4, -0.2) is 48.6 Å². The average Bonchev–Trinajstić information content (AvgIpc) is 2.53. The van der Waals surface area contributed by atoms with Gasteiger partial charge in [0.2, 0.25) is 0 Å². The van der Waals surface area contributed by atoms with Crippen LogP contribution in [0.4, 0.5) is 0 Å². The van der Waals surface area contributed by atoms with Crippen molar-refractivity contribution < 1.29 is 0 Å². The van der Waals surface area contributed by atoms with Gasteiger partial charge in [0.05, 0.1) is 0 Å². The van der Waals surface area contributed by atoms with E-state index in [9.17, 15) is 0 Å². The van der Waals surface area contributed by atoms with E-state index in [4.69, 9.17) is 5.73 Å². The summed E-state index contributed by atoms with van der Waals surface area (Å²) >= 11 is 0. The third-order valence-corrected chi connectivity index (χ3v) is 3.97. The zero-order valence-corrected chi connectivity index (χ0v) is 11.5. The molecule has 1 aromatic carbocycles. The maximum absolute atomic E-state index is 5.97. The molecule has 0 bridgehead atoms. The van der Waals surface area contributed by atoms with Gasteiger partial charge in [0.15, 0.2) is 0 Å². The smallest absolute Gasteiger partial charge is 0.0351 e. The van der Waals surface area contributed by atoms with Crippen molar-refractivity contribution in [2.75, 3.05) is 26.7 Å². The van der Waals surface area contributed by atoms with Crippen molar-refractivity contribution in [1.82, 2.24) is 9.80 Å². The summed E-state index contributed by atoms with van der Waals surface area (Å²) in [5.74, 6) is 0. The highest BCUT2D eigenvalue weighted by molar-refractivity contribution is 5.15. The first kappa shape index (κ1) is 13.5. The van der Waals surface area contributed by atoms with Crippen molar-refractivity contribution in [2.24, 2.45) is 5.73 Å². The lowest BCUT2D eigenvalue weighted by molar-refractivity contribution is 0.139. The maximum Gasteiger partial charge on any atom is 0.0351 e. The molecule has 1 aliphatic rings. The van der Waals surface area contributed by atoms with Crippen LogP contribution < -0.4 is 5.73 Å². The van der Waals surface area contributed by atoms with Crippen molar-refractivity contribution in [3.8, 4) is 0 Å². The standard InChI is InChI=1S/C15H25N3/c1-13-8-9-17(2)12-15(10-16)18(13)11-14-6-4-3-5-7-14/h3-7,13,15H,8-12,16H2,1-2H3. The van der Waals surface area contributed by atoms with Crippen molar-refractivity contribution in [3.05, 3.63) is 35.9 Å². The number of hydrogen-bond acceptors (Lipinski definition) is 3. The van der Waals surface area contributed by atoms with Crippen LogP contribution in [0.25, 0.3) is 0 Å². The number of nitrogens with two attached hydrogens (primary N) is 1. The van der Waals surface area contributed by atoms with Crippen LogP contribution in [0.3, 0.4) is 0 Å². The lowest BCUT2D eigenvalue weighted by atomic mass is 10.1. The number of nitrogens with zero attached hydrogens (tertiary/aromatic N) is 2. The monoisotopic (exact) mass is 247 g/mol. The molecular weight excluding hydrogens is 222 g/mol. The summed E-state index contributed by atoms with van der Waals surface area (Å²) in [6.45, 7) is 6.32. The fourth-order valence-electron chi connectivity index (χ4n) is 2.78. The Bertz CT molecular complexity index is 352. The quantitative estimate of drug-likeness (QED) is 0.879. The molecule has 0 spiro atoms. The van der Waals surface area contributed by atoms with Gasteiger partial charge < -0.3 is 10.6 Å². The molecule has 1 aliphatic heterocycles. The van der Waals surface area contributed by atoms with Crippen molar-refractivity contribution >= 4 is 0 Å². The second kappa shape index (κ2) is 6.32. The molecule has 1 heterocycles. The minimum Gasteiger partial charge on any atom is -0.329 e. The van der Waals surface area contributed by atoms with Gasteiger partial charge in [-0.1, -0.05) is 30.3 Å². The molecule has 2 N–H and O–H groups in total. The van der Waals surface area contributed by atoms with E-state index in [1.165, 1.54) is 18.5 Å². The second-order valence-electron chi connectivity index (χ2n) is 5.45. The molecule has 0 aliphatic carbocycles. The van der Waals surface area contributed by atoms with Crippen LogP contribution in [-0.2, 0) is 6.54 Å². The molecule has 18 heavy (non-hydrogen) atoms. The molecule has 0 amide bonds. The molecule has 0 aromatic heterocycles. The Hall–Kier alpha value is -0.900. The molecule has 2 unspecified atom stereocenters. The molecule has 3 nitrogen and oxygen atoms in total. The zero-order valence-electron chi connectivity index (χ0n) is 11.5. The summed E-state index contributed by atoms with van der Waals surface area (Å²) in [5, 5.41) is 0. The molecule has 1 aromatic rings. The summed E-state index contributed by atoms with van der Waals surface area (Å²) in [5.41, 5.74) is 7.35. The zero-order chi connectivity index (χ0) is 13.0. The van der Waals surface area contributed by atoms with E-state index >= 15 is 0 Å². The van der Waals surface area contributed by atoms with E-state index in [2.05, 4.69) is 54.1 Å². The largest absolute Gasteiger partial charge is 0.329 e. The highest BCUT2D eigenvalue weighted by Crippen LogP contribution is 2.18. The highest BCUT2D eigenvalue weighted by Gasteiger charge is 2.27. The third-order valence-electron chi connectivity index (χ3n) is 3.97. The van der Waals surface area contributed by atoms with Gasteiger partial charge in [-0.25, -0.2) is 0 Å². The first-order valence-electron chi connectivity index (χ1n) is 6.89. The van der Waals surface area contributed by atoms with E-state index in [-0.39, 0.29) is 0 Å². The molecule has 1 saturated heterocycles. The van der Waals surface area contributed by atoms with Gasteiger partial charge in [0.25, 0.3) is 0 Å². The van der Waals surface area contributed by atoms with E-state index in [0.29, 0.717) is 12.1 Å². The van der Waals surface area contributed by atoms with Crippen LogP contribution in [0.2, 0.25) is 0 Å². The van der Waals surface area contributed by atoms with Crippen LogP contribution in [0, 0.1) is 0 Å². The van der Waals surface area contributed by atoms with Gasteiger partial charge in [-0.3, -0.25) is 4.90 Å². The molecule has 1 fully saturated rings.